The summed E-state index contributed by atoms with van der Waals surface area (Å²) < 4.78 is 27.5. The van der Waals surface area contributed by atoms with Crippen LogP contribution in [0.2, 0.25) is 0 Å². The molecule has 0 bridgehead atoms. The smallest absolute Gasteiger partial charge is 0.206 e. The Morgan fingerprint density at radius 3 is 2.67 bits per heavy atom. The van der Waals surface area contributed by atoms with E-state index in [2.05, 4.69) is 6.07 Å². The molecule has 1 aromatic carbocycles. The number of aryl methyl sites for hydroxylation is 1. The van der Waals surface area contributed by atoms with Crippen molar-refractivity contribution in [2.24, 2.45) is 0 Å². The van der Waals surface area contributed by atoms with E-state index < -0.39 is 10.0 Å². The molecule has 6 heteroatoms. The van der Waals surface area contributed by atoms with Gasteiger partial charge in [-0.2, -0.15) is 4.31 Å². The first-order chi connectivity index (χ1) is 10.0. The summed E-state index contributed by atoms with van der Waals surface area (Å²) in [5, 5.41) is 0. The first-order valence-electron chi connectivity index (χ1n) is 6.74. The van der Waals surface area contributed by atoms with E-state index in [1.165, 1.54) is 16.9 Å². The van der Waals surface area contributed by atoms with Crippen LogP contribution in [-0.4, -0.2) is 19.3 Å². The summed E-state index contributed by atoms with van der Waals surface area (Å²) in [4.78, 5) is 0.924. The van der Waals surface area contributed by atoms with Gasteiger partial charge in [0.05, 0.1) is 5.88 Å². The van der Waals surface area contributed by atoms with Crippen LogP contribution in [0.5, 0.6) is 0 Å². The fraction of sp³-hybridized carbons (Fsp3) is 0.333. The van der Waals surface area contributed by atoms with E-state index in [0.717, 1.165) is 22.4 Å². The van der Waals surface area contributed by atoms with Crippen LogP contribution in [-0.2, 0) is 28.9 Å². The van der Waals surface area contributed by atoms with E-state index in [0.29, 0.717) is 23.2 Å². The lowest BCUT2D eigenvalue weighted by Crippen LogP contribution is -2.35. The van der Waals surface area contributed by atoms with Gasteiger partial charge in [-0.25, -0.2) is 8.42 Å². The Bertz CT molecular complexity index is 768. The summed E-state index contributed by atoms with van der Waals surface area (Å²) in [6.07, 6.45) is 0.766. The molecule has 21 heavy (non-hydrogen) atoms. The lowest BCUT2D eigenvalue weighted by atomic mass is 10.0. The molecule has 3 nitrogen and oxygen atoms in total. The summed E-state index contributed by atoms with van der Waals surface area (Å²) in [6.45, 7) is 2.89. The second-order valence-electron chi connectivity index (χ2n) is 5.16. The minimum atomic E-state index is -3.42. The Labute approximate surface area is 134 Å². The van der Waals surface area contributed by atoms with Crippen LogP contribution in [0.4, 0.5) is 0 Å². The van der Waals surface area contributed by atoms with Crippen molar-refractivity contribution < 1.29 is 8.42 Å². The highest BCUT2D eigenvalue weighted by molar-refractivity contribution is 7.91. The number of halogens is 1. The van der Waals surface area contributed by atoms with Gasteiger partial charge in [-0.05, 0) is 36.1 Å². The highest BCUT2D eigenvalue weighted by Gasteiger charge is 2.29. The largest absolute Gasteiger partial charge is 0.252 e. The molecule has 1 aliphatic heterocycles. The summed E-state index contributed by atoms with van der Waals surface area (Å²) in [5.41, 5.74) is 3.29. The van der Waals surface area contributed by atoms with Crippen LogP contribution in [0.25, 0.3) is 0 Å². The highest BCUT2D eigenvalue weighted by Crippen LogP contribution is 2.31. The van der Waals surface area contributed by atoms with Crippen LogP contribution in [0.15, 0.2) is 34.5 Å². The Morgan fingerprint density at radius 1 is 1.29 bits per heavy atom. The van der Waals surface area contributed by atoms with Crippen molar-refractivity contribution >= 4 is 33.0 Å². The van der Waals surface area contributed by atoms with Crippen LogP contribution in [0.1, 0.15) is 21.6 Å². The van der Waals surface area contributed by atoms with E-state index in [9.17, 15) is 8.42 Å². The number of alkyl halides is 1. The van der Waals surface area contributed by atoms with Gasteiger partial charge in [0.25, 0.3) is 10.0 Å². The second kappa shape index (κ2) is 5.72. The van der Waals surface area contributed by atoms with Crippen LogP contribution < -0.4 is 0 Å². The van der Waals surface area contributed by atoms with E-state index >= 15 is 0 Å². The first-order valence-corrected chi connectivity index (χ1v) is 9.53. The Balaban J connectivity index is 1.93. The molecule has 0 saturated carbocycles. The highest BCUT2D eigenvalue weighted by atomic mass is 35.5. The van der Waals surface area contributed by atoms with Gasteiger partial charge in [0, 0.05) is 18.0 Å². The Hall–Kier alpha value is -0.880. The van der Waals surface area contributed by atoms with Gasteiger partial charge >= 0.3 is 0 Å². The standard InChI is InChI=1S/C15H16ClNO2S2/c1-11-8-15(20-14(11)9-16)21(18,19)17-7-6-12-4-2-3-5-13(12)10-17/h2-5,8H,6-7,9-10H2,1H3. The second-order valence-corrected chi connectivity index (χ2v) is 8.73. The Kier molecular flexibility index (Phi) is 4.10. The van der Waals surface area contributed by atoms with Gasteiger partial charge < -0.3 is 0 Å². The minimum Gasteiger partial charge on any atom is -0.206 e. The number of benzene rings is 1. The number of thiophene rings is 1. The number of sulfonamides is 1. The minimum absolute atomic E-state index is 0.356. The molecule has 112 valence electrons. The maximum absolute atomic E-state index is 12.8. The predicted octanol–water partition coefficient (Wildman–Crippen LogP) is 3.54. The van der Waals surface area contributed by atoms with Crippen molar-refractivity contribution in [2.45, 2.75) is 30.0 Å². The van der Waals surface area contributed by atoms with Gasteiger partial charge in [0.1, 0.15) is 4.21 Å². The third-order valence-electron chi connectivity index (χ3n) is 3.81. The number of fused-ring (bicyclic) bond motifs is 1. The van der Waals surface area contributed by atoms with Gasteiger partial charge in [0.2, 0.25) is 0 Å². The summed E-state index contributed by atoms with van der Waals surface area (Å²) in [5.74, 6) is 0.356. The molecule has 0 N–H and O–H groups in total. The zero-order valence-electron chi connectivity index (χ0n) is 11.7. The average Bonchev–Trinajstić information content (AvgIpc) is 2.88. The van der Waals surface area contributed by atoms with E-state index in [1.807, 2.05) is 25.1 Å². The molecule has 0 fully saturated rings. The molecular formula is C15H16ClNO2S2. The molecule has 0 spiro atoms. The maximum Gasteiger partial charge on any atom is 0.252 e. The van der Waals surface area contributed by atoms with Crippen molar-refractivity contribution in [3.05, 3.63) is 51.9 Å². The van der Waals surface area contributed by atoms with Crippen molar-refractivity contribution in [3.63, 3.8) is 0 Å². The number of hydrogen-bond donors (Lipinski definition) is 0. The lowest BCUT2D eigenvalue weighted by molar-refractivity contribution is 0.392. The molecule has 2 heterocycles. The third kappa shape index (κ3) is 2.75. The maximum atomic E-state index is 12.8. The van der Waals surface area contributed by atoms with Crippen molar-refractivity contribution in [1.82, 2.24) is 4.31 Å². The molecule has 3 rings (SSSR count). The fourth-order valence-corrected chi connectivity index (χ4v) is 5.94. The van der Waals surface area contributed by atoms with Crippen molar-refractivity contribution in [2.75, 3.05) is 6.54 Å². The molecule has 0 saturated heterocycles. The monoisotopic (exact) mass is 341 g/mol. The zero-order chi connectivity index (χ0) is 15.0. The molecule has 0 unspecified atom stereocenters. The predicted molar refractivity (Wildman–Crippen MR) is 86.4 cm³/mol. The van der Waals surface area contributed by atoms with Gasteiger partial charge in [-0.15, -0.1) is 22.9 Å². The quantitative estimate of drug-likeness (QED) is 0.801. The summed E-state index contributed by atoms with van der Waals surface area (Å²) in [7, 11) is -3.42. The van der Waals surface area contributed by atoms with Crippen LogP contribution in [0, 0.1) is 6.92 Å². The molecule has 0 amide bonds. The number of hydrogen-bond acceptors (Lipinski definition) is 3. The molecule has 0 atom stereocenters. The molecule has 1 aliphatic rings. The van der Waals surface area contributed by atoms with Gasteiger partial charge in [0.15, 0.2) is 0 Å². The first kappa shape index (κ1) is 15.0. The van der Waals surface area contributed by atoms with Crippen molar-refractivity contribution in [1.29, 1.82) is 0 Å². The summed E-state index contributed by atoms with van der Waals surface area (Å²) in [6, 6.07) is 9.76. The Morgan fingerprint density at radius 2 is 2.00 bits per heavy atom. The average molecular weight is 342 g/mol. The zero-order valence-corrected chi connectivity index (χ0v) is 14.1. The SMILES string of the molecule is Cc1cc(S(=O)(=O)N2CCc3ccccc3C2)sc1CCl. The molecular weight excluding hydrogens is 326 g/mol. The van der Waals surface area contributed by atoms with Crippen LogP contribution >= 0.6 is 22.9 Å². The topological polar surface area (TPSA) is 37.4 Å². The normalized spacial score (nSPS) is 15.9. The molecule has 0 aliphatic carbocycles. The van der Waals surface area contributed by atoms with E-state index in [-0.39, 0.29) is 0 Å². The van der Waals surface area contributed by atoms with Gasteiger partial charge in [-0.3, -0.25) is 0 Å². The number of rotatable bonds is 3. The molecule has 1 aromatic heterocycles. The van der Waals surface area contributed by atoms with E-state index in [4.69, 9.17) is 11.6 Å². The molecule has 0 radical (unpaired) electrons. The lowest BCUT2D eigenvalue weighted by Gasteiger charge is -2.27. The third-order valence-corrected chi connectivity index (χ3v) is 7.77. The van der Waals surface area contributed by atoms with E-state index in [1.54, 1.807) is 10.4 Å². The van der Waals surface area contributed by atoms with Gasteiger partial charge in [-0.1, -0.05) is 24.3 Å². The van der Waals surface area contributed by atoms with Crippen molar-refractivity contribution in [3.8, 4) is 0 Å². The fourth-order valence-electron chi connectivity index (χ4n) is 2.55. The summed E-state index contributed by atoms with van der Waals surface area (Å²) >= 11 is 7.13. The number of nitrogens with zero attached hydrogens (tertiary/aromatic N) is 1. The molecule has 2 aromatic rings. The van der Waals surface area contributed by atoms with Crippen LogP contribution in [0.3, 0.4) is 0 Å².